The molecule has 0 aromatic carbocycles. The molecule has 1 saturated heterocycles. The Morgan fingerprint density at radius 1 is 1.44 bits per heavy atom. The molecule has 2 atom stereocenters. The Hall–Kier alpha value is -0.900. The van der Waals surface area contributed by atoms with E-state index in [1.54, 1.807) is 6.92 Å². The second kappa shape index (κ2) is 1.80. The van der Waals surface area contributed by atoms with Crippen molar-refractivity contribution in [3.63, 3.8) is 0 Å². The molecule has 2 N–H and O–H groups in total. The van der Waals surface area contributed by atoms with Crippen molar-refractivity contribution in [2.24, 2.45) is 11.7 Å². The second-order valence-electron chi connectivity index (χ2n) is 2.05. The van der Waals surface area contributed by atoms with E-state index in [1.807, 2.05) is 0 Å². The van der Waals surface area contributed by atoms with Crippen LogP contribution in [-0.2, 0) is 14.3 Å². The van der Waals surface area contributed by atoms with Gasteiger partial charge in [0.05, 0.1) is 5.92 Å². The van der Waals surface area contributed by atoms with Crippen molar-refractivity contribution >= 4 is 11.9 Å². The van der Waals surface area contributed by atoms with Gasteiger partial charge in [0.25, 0.3) is 0 Å². The maximum absolute atomic E-state index is 10.5. The highest BCUT2D eigenvalue weighted by atomic mass is 16.6. The number of cyclic esters (lactones) is 2. The van der Waals surface area contributed by atoms with Gasteiger partial charge in [-0.05, 0) is 6.92 Å². The molecule has 1 aliphatic heterocycles. The third kappa shape index (κ3) is 0.810. The molecule has 1 aliphatic rings. The zero-order valence-electron chi connectivity index (χ0n) is 4.96. The van der Waals surface area contributed by atoms with Gasteiger partial charge in [-0.3, -0.25) is 4.79 Å². The van der Waals surface area contributed by atoms with E-state index in [9.17, 15) is 9.59 Å². The monoisotopic (exact) mass is 129 g/mol. The first-order valence-electron chi connectivity index (χ1n) is 2.64. The molecular formula is C5H7NO3. The molecule has 1 heterocycles. The van der Waals surface area contributed by atoms with E-state index in [0.717, 1.165) is 0 Å². The molecule has 9 heavy (non-hydrogen) atoms. The van der Waals surface area contributed by atoms with E-state index < -0.39 is 23.9 Å². The molecule has 4 nitrogen and oxygen atoms in total. The molecule has 0 aromatic heterocycles. The topological polar surface area (TPSA) is 69.4 Å². The summed E-state index contributed by atoms with van der Waals surface area (Å²) in [6, 6.07) is -0.752. The predicted octanol–water partition coefficient (Wildman–Crippen LogP) is -0.967. The minimum atomic E-state index is -0.752. The van der Waals surface area contributed by atoms with Crippen LogP contribution in [0.3, 0.4) is 0 Å². The quantitative estimate of drug-likeness (QED) is 0.337. The van der Waals surface area contributed by atoms with Crippen molar-refractivity contribution < 1.29 is 14.3 Å². The van der Waals surface area contributed by atoms with Gasteiger partial charge < -0.3 is 10.5 Å². The number of carbonyl (C=O) groups excluding carboxylic acids is 2. The van der Waals surface area contributed by atoms with E-state index in [4.69, 9.17) is 5.73 Å². The van der Waals surface area contributed by atoms with Gasteiger partial charge in [-0.2, -0.15) is 0 Å². The smallest absolute Gasteiger partial charge is 0.331 e. The lowest BCUT2D eigenvalue weighted by atomic mass is 10.1. The fourth-order valence-electron chi connectivity index (χ4n) is 0.611. The van der Waals surface area contributed by atoms with E-state index in [2.05, 4.69) is 4.74 Å². The minimum absolute atomic E-state index is 0.475. The van der Waals surface area contributed by atoms with Crippen LogP contribution in [0.15, 0.2) is 0 Å². The molecule has 1 rings (SSSR count). The van der Waals surface area contributed by atoms with Crippen LogP contribution in [-0.4, -0.2) is 18.0 Å². The number of ether oxygens (including phenoxy) is 1. The Morgan fingerprint density at radius 3 is 2.11 bits per heavy atom. The zero-order chi connectivity index (χ0) is 7.02. The van der Waals surface area contributed by atoms with E-state index >= 15 is 0 Å². The van der Waals surface area contributed by atoms with Crippen molar-refractivity contribution in [1.29, 1.82) is 0 Å². The van der Waals surface area contributed by atoms with Gasteiger partial charge in [-0.25, -0.2) is 4.79 Å². The third-order valence-electron chi connectivity index (χ3n) is 1.38. The number of hydrogen-bond acceptors (Lipinski definition) is 4. The van der Waals surface area contributed by atoms with Crippen LogP contribution in [0.2, 0.25) is 0 Å². The van der Waals surface area contributed by atoms with Crippen molar-refractivity contribution in [1.82, 2.24) is 0 Å². The molecule has 0 spiro atoms. The largest absolute Gasteiger partial charge is 0.392 e. The molecule has 1 fully saturated rings. The average molecular weight is 129 g/mol. The fraction of sp³-hybridized carbons (Fsp3) is 0.600. The normalized spacial score (nSPS) is 34.9. The highest BCUT2D eigenvalue weighted by molar-refractivity contribution is 5.98. The first kappa shape index (κ1) is 6.22. The number of rotatable bonds is 0. The van der Waals surface area contributed by atoms with Crippen LogP contribution >= 0.6 is 0 Å². The van der Waals surface area contributed by atoms with Crippen LogP contribution in [0.5, 0.6) is 0 Å². The Bertz CT molecular complexity index is 148. The summed E-state index contributed by atoms with van der Waals surface area (Å²) in [6.07, 6.45) is 0. The first-order chi connectivity index (χ1) is 4.13. The van der Waals surface area contributed by atoms with Crippen LogP contribution in [0.4, 0.5) is 0 Å². The summed E-state index contributed by atoms with van der Waals surface area (Å²) in [5, 5.41) is 0. The van der Waals surface area contributed by atoms with Gasteiger partial charge in [0.1, 0.15) is 6.04 Å². The highest BCUT2D eigenvalue weighted by Crippen LogP contribution is 2.12. The van der Waals surface area contributed by atoms with Crippen LogP contribution < -0.4 is 5.73 Å². The standard InChI is InChI=1S/C5H7NO3/c1-2-3(6)5(8)9-4(2)7/h2-3H,6H2,1H3/t2-,3-/m0/s1. The average Bonchev–Trinajstić information content (AvgIpc) is 1.98. The van der Waals surface area contributed by atoms with Crippen LogP contribution in [0, 0.1) is 5.92 Å². The summed E-state index contributed by atoms with van der Waals surface area (Å²) < 4.78 is 4.18. The molecule has 0 bridgehead atoms. The number of esters is 2. The predicted molar refractivity (Wildman–Crippen MR) is 28.2 cm³/mol. The molecule has 0 amide bonds. The molecule has 0 aromatic rings. The minimum Gasteiger partial charge on any atom is -0.392 e. The third-order valence-corrected chi connectivity index (χ3v) is 1.38. The second-order valence-corrected chi connectivity index (χ2v) is 2.05. The first-order valence-corrected chi connectivity index (χ1v) is 2.64. The summed E-state index contributed by atoms with van der Waals surface area (Å²) in [4.78, 5) is 20.9. The molecule has 0 aliphatic carbocycles. The number of hydrogen-bond donors (Lipinski definition) is 1. The zero-order valence-corrected chi connectivity index (χ0v) is 4.96. The Morgan fingerprint density at radius 2 is 2.00 bits per heavy atom. The van der Waals surface area contributed by atoms with Gasteiger partial charge in [-0.15, -0.1) is 0 Å². The molecular weight excluding hydrogens is 122 g/mol. The molecule has 0 saturated carbocycles. The van der Waals surface area contributed by atoms with Crippen LogP contribution in [0.1, 0.15) is 6.92 Å². The van der Waals surface area contributed by atoms with Gasteiger partial charge in [0, 0.05) is 0 Å². The van der Waals surface area contributed by atoms with Crippen molar-refractivity contribution in [2.75, 3.05) is 0 Å². The molecule has 50 valence electrons. The summed E-state index contributed by atoms with van der Waals surface area (Å²) in [7, 11) is 0. The Kier molecular flexibility index (Phi) is 1.25. The van der Waals surface area contributed by atoms with Crippen molar-refractivity contribution in [2.45, 2.75) is 13.0 Å². The van der Waals surface area contributed by atoms with Crippen molar-refractivity contribution in [3.05, 3.63) is 0 Å². The maximum atomic E-state index is 10.5. The molecule has 0 radical (unpaired) electrons. The SMILES string of the molecule is C[C@@H]1C(=O)OC(=O)[C@H]1N. The van der Waals surface area contributed by atoms with Gasteiger partial charge >= 0.3 is 11.9 Å². The van der Waals surface area contributed by atoms with Crippen LogP contribution in [0.25, 0.3) is 0 Å². The highest BCUT2D eigenvalue weighted by Gasteiger charge is 2.38. The lowest BCUT2D eigenvalue weighted by Gasteiger charge is -1.97. The van der Waals surface area contributed by atoms with Gasteiger partial charge in [-0.1, -0.05) is 0 Å². The van der Waals surface area contributed by atoms with E-state index in [0.29, 0.717) is 0 Å². The Balaban J connectivity index is 2.77. The summed E-state index contributed by atoms with van der Waals surface area (Å²) in [5.74, 6) is -1.61. The molecule has 4 heteroatoms. The Labute approximate surface area is 52.0 Å². The fourth-order valence-corrected chi connectivity index (χ4v) is 0.611. The molecule has 0 unspecified atom stereocenters. The van der Waals surface area contributed by atoms with Crippen molar-refractivity contribution in [3.8, 4) is 0 Å². The summed E-state index contributed by atoms with van der Waals surface area (Å²) in [6.45, 7) is 1.57. The maximum Gasteiger partial charge on any atom is 0.331 e. The lowest BCUT2D eigenvalue weighted by Crippen LogP contribution is -2.31. The van der Waals surface area contributed by atoms with E-state index in [1.165, 1.54) is 0 Å². The summed E-state index contributed by atoms with van der Waals surface area (Å²) >= 11 is 0. The lowest BCUT2D eigenvalue weighted by molar-refractivity contribution is -0.153. The summed E-state index contributed by atoms with van der Waals surface area (Å²) in [5.41, 5.74) is 5.22. The number of nitrogens with two attached hydrogens (primary N) is 1. The van der Waals surface area contributed by atoms with Gasteiger partial charge in [0.2, 0.25) is 0 Å². The number of carbonyl (C=O) groups is 2. The van der Waals surface area contributed by atoms with E-state index in [-0.39, 0.29) is 0 Å². The van der Waals surface area contributed by atoms with Gasteiger partial charge in [0.15, 0.2) is 0 Å².